The van der Waals surface area contributed by atoms with Crippen LogP contribution in [0.1, 0.15) is 122 Å². The van der Waals surface area contributed by atoms with Gasteiger partial charge in [-0.15, -0.1) is 11.8 Å². The first-order valence-corrected chi connectivity index (χ1v) is 35.2. The highest BCUT2D eigenvalue weighted by molar-refractivity contribution is 7.99. The molecule has 4 aromatic rings. The van der Waals surface area contributed by atoms with Gasteiger partial charge in [0.2, 0.25) is 5.91 Å². The van der Waals surface area contributed by atoms with Crippen LogP contribution in [0.5, 0.6) is 0 Å². The second-order valence-electron chi connectivity index (χ2n) is 26.9. The molecule has 90 heavy (non-hydrogen) atoms. The molecular weight excluding hydrogens is 1170 g/mol. The number of carbonyl (C=O) groups is 4. The van der Waals surface area contributed by atoms with Crippen LogP contribution in [-0.2, 0) is 29.0 Å². The van der Waals surface area contributed by atoms with Crippen molar-refractivity contribution in [2.45, 2.75) is 114 Å². The number of carbonyl (C=O) groups excluding carboxylic acids is 4. The molecule has 4 aliphatic carbocycles. The van der Waals surface area contributed by atoms with Crippen molar-refractivity contribution in [3.05, 3.63) is 137 Å². The van der Waals surface area contributed by atoms with Gasteiger partial charge in [-0.05, 0) is 153 Å². The Morgan fingerprint density at radius 1 is 0.767 bits per heavy atom. The molecule has 0 spiro atoms. The number of nitrogens with one attached hydrogen (secondary N) is 4. The Balaban J connectivity index is 0.566. The van der Waals surface area contributed by atoms with E-state index < -0.39 is 39.7 Å². The topological polar surface area (TPSA) is 194 Å². The summed E-state index contributed by atoms with van der Waals surface area (Å²) in [5.41, 5.74) is 9.74. The molecule has 12 rings (SSSR count). The lowest BCUT2D eigenvalue weighted by Crippen LogP contribution is -2.63. The zero-order chi connectivity index (χ0) is 63.0. The number of hydrogen-bond donors (Lipinski definition) is 4. The van der Waals surface area contributed by atoms with Gasteiger partial charge in [-0.2, -0.15) is 0 Å². The van der Waals surface area contributed by atoms with Gasteiger partial charge in [0.05, 0.1) is 55.7 Å². The molecule has 0 aromatic heterocycles. The summed E-state index contributed by atoms with van der Waals surface area (Å²) in [6, 6.07) is 27.1. The molecule has 3 saturated carbocycles. The summed E-state index contributed by atoms with van der Waals surface area (Å²) >= 11 is 1.80. The number of sulfonamides is 1. The molecule has 2 atom stereocenters. The van der Waals surface area contributed by atoms with Crippen molar-refractivity contribution in [1.29, 1.82) is 0 Å². The van der Waals surface area contributed by atoms with Crippen molar-refractivity contribution >= 4 is 62.5 Å². The van der Waals surface area contributed by atoms with Crippen molar-refractivity contribution in [2.24, 2.45) is 16.2 Å². The Hall–Kier alpha value is -6.10. The average molecular weight is 1270 g/mol. The highest BCUT2D eigenvalue weighted by atomic mass is 32.2. The maximum atomic E-state index is 13.7. The number of benzene rings is 4. The predicted molar refractivity (Wildman–Crippen MR) is 355 cm³/mol. The Bertz CT molecular complexity index is 3360. The number of piperazine rings is 2. The second kappa shape index (κ2) is 28.8. The van der Waals surface area contributed by atoms with Gasteiger partial charge in [0.25, 0.3) is 27.7 Å². The molecule has 20 heteroatoms. The molecule has 6 fully saturated rings. The van der Waals surface area contributed by atoms with Gasteiger partial charge in [-0.25, -0.2) is 13.1 Å². The van der Waals surface area contributed by atoms with E-state index in [0.29, 0.717) is 92.2 Å². The van der Waals surface area contributed by atoms with Gasteiger partial charge in [0, 0.05) is 124 Å². The molecule has 484 valence electrons. The SMILES string of the molecule is C=C1CCC(N2C(=O)c3cccc(NCCOCCOCCOCCN4CCN(CC[C@H](CSc5ccccc5)Nc5ccc(S(=O)(=O)NC(=O)c6ccc(N7CCN(CC8=C(C9%10CC(CC)(C9)C%10)CC(C)(C)CC8)CC7)cc6)cc5C)CC4)c3C2=O)C(=O)N1. The van der Waals surface area contributed by atoms with Crippen LogP contribution in [0.2, 0.25) is 0 Å². The molecule has 4 amide bonds. The lowest BCUT2D eigenvalue weighted by Gasteiger charge is -2.73. The molecule has 1 unspecified atom stereocenters. The van der Waals surface area contributed by atoms with Crippen LogP contribution in [0, 0.1) is 23.2 Å². The van der Waals surface area contributed by atoms with E-state index in [4.69, 9.17) is 14.2 Å². The zero-order valence-corrected chi connectivity index (χ0v) is 54.9. The van der Waals surface area contributed by atoms with Gasteiger partial charge in [-0.3, -0.25) is 33.9 Å². The minimum atomic E-state index is -4.15. The van der Waals surface area contributed by atoms with Crippen LogP contribution < -0.4 is 25.6 Å². The van der Waals surface area contributed by atoms with Crippen LogP contribution in [0.15, 0.2) is 124 Å². The van der Waals surface area contributed by atoms with Crippen LogP contribution >= 0.6 is 11.8 Å². The molecule has 3 saturated heterocycles. The molecule has 2 bridgehead atoms. The molecule has 8 aliphatic rings. The van der Waals surface area contributed by atoms with E-state index in [1.54, 1.807) is 59.8 Å². The Labute approximate surface area is 537 Å². The van der Waals surface area contributed by atoms with E-state index in [1.807, 2.05) is 36.8 Å². The number of imide groups is 1. The Kier molecular flexibility index (Phi) is 20.9. The van der Waals surface area contributed by atoms with Gasteiger partial charge >= 0.3 is 0 Å². The standard InChI is InChI=1S/C70H93N9O9S2/c1-6-69-47-70(48-69,49-69)59-44-68(4,5)25-23-53(59)45-77-32-34-78(35-33-77)55-18-16-52(17-19-55)64(80)74-90(84,85)57-20-21-60(50(2)43-57)73-54(46-89-56-11-8-7-9-12-56)24-27-75-28-30-76(31-29-75)36-38-87-40-42-88-41-39-86-37-26-71-61-14-10-13-58-63(61)67(83)79(66(58)82)62-22-15-51(3)72-65(62)81/h7-14,16-21,43,54,62,71,73H,3,6,15,22-42,44-49H2,1-2,4-5H3,(H,72,81)(H,74,80)/t54-,62?,69?,70?/m1/s1. The number of piperidine rings is 1. The van der Waals surface area contributed by atoms with Crippen LogP contribution in [0.4, 0.5) is 17.1 Å². The molecule has 18 nitrogen and oxygen atoms in total. The summed E-state index contributed by atoms with van der Waals surface area (Å²) in [6.45, 7) is 26.6. The summed E-state index contributed by atoms with van der Waals surface area (Å²) < 4.78 is 47.2. The van der Waals surface area contributed by atoms with E-state index >= 15 is 0 Å². The first kappa shape index (κ1) is 65.4. The van der Waals surface area contributed by atoms with Crippen LogP contribution in [0.3, 0.4) is 0 Å². The number of amides is 4. The smallest absolute Gasteiger partial charge is 0.264 e. The fourth-order valence-corrected chi connectivity index (χ4v) is 16.7. The fourth-order valence-electron chi connectivity index (χ4n) is 14.7. The van der Waals surface area contributed by atoms with Gasteiger partial charge in [0.15, 0.2) is 0 Å². The Morgan fingerprint density at radius 2 is 1.44 bits per heavy atom. The quantitative estimate of drug-likeness (QED) is 0.0167. The highest BCUT2D eigenvalue weighted by Gasteiger charge is 2.68. The normalized spacial score (nSPS) is 23.3. The third-order valence-electron chi connectivity index (χ3n) is 20.0. The number of nitrogens with zero attached hydrogens (tertiary/aromatic N) is 5. The highest BCUT2D eigenvalue weighted by Crippen LogP contribution is 2.79. The number of thioether (sulfide) groups is 1. The lowest BCUT2D eigenvalue weighted by atomic mass is 9.31. The van der Waals surface area contributed by atoms with E-state index in [2.05, 4.69) is 91.9 Å². The van der Waals surface area contributed by atoms with Crippen molar-refractivity contribution < 1.29 is 41.8 Å². The van der Waals surface area contributed by atoms with Crippen molar-refractivity contribution in [2.75, 3.05) is 139 Å². The van der Waals surface area contributed by atoms with Gasteiger partial charge in [-0.1, -0.05) is 69.2 Å². The van der Waals surface area contributed by atoms with Crippen molar-refractivity contribution in [3.8, 4) is 0 Å². The minimum absolute atomic E-state index is 0.0440. The third-order valence-corrected chi connectivity index (χ3v) is 22.5. The number of allylic oxidation sites excluding steroid dienone is 2. The fraction of sp³-hybridized carbons (Fsp3) is 0.543. The molecule has 4 aliphatic heterocycles. The van der Waals surface area contributed by atoms with Crippen molar-refractivity contribution in [3.63, 3.8) is 0 Å². The largest absolute Gasteiger partial charge is 0.382 e. The van der Waals surface area contributed by atoms with Gasteiger partial charge in [0.1, 0.15) is 6.04 Å². The molecule has 4 heterocycles. The molecular formula is C70H93N9O9S2. The zero-order valence-electron chi connectivity index (χ0n) is 53.3. The summed E-state index contributed by atoms with van der Waals surface area (Å²) in [5.74, 6) is -1.17. The van der Waals surface area contributed by atoms with Crippen LogP contribution in [-0.4, -0.2) is 188 Å². The summed E-state index contributed by atoms with van der Waals surface area (Å²) in [6.07, 6.45) is 11.1. The van der Waals surface area contributed by atoms with Gasteiger partial charge < -0.3 is 40.0 Å². The van der Waals surface area contributed by atoms with E-state index in [-0.39, 0.29) is 22.1 Å². The maximum absolute atomic E-state index is 13.7. The number of anilines is 3. The lowest BCUT2D eigenvalue weighted by molar-refractivity contribution is -0.182. The molecule has 4 N–H and O–H groups in total. The predicted octanol–water partition coefficient (Wildman–Crippen LogP) is 9.45. The molecule has 4 aromatic carbocycles. The van der Waals surface area contributed by atoms with Crippen molar-refractivity contribution in [1.82, 2.24) is 29.6 Å². The van der Waals surface area contributed by atoms with E-state index in [0.717, 1.165) is 106 Å². The average Bonchev–Trinajstić information content (AvgIpc) is 0.872. The first-order valence-electron chi connectivity index (χ1n) is 32.7. The number of hydrogen-bond acceptors (Lipinski definition) is 16. The van der Waals surface area contributed by atoms with E-state index in [1.165, 1.54) is 49.8 Å². The molecule has 0 radical (unpaired) electrons. The van der Waals surface area contributed by atoms with E-state index in [9.17, 15) is 27.6 Å². The summed E-state index contributed by atoms with van der Waals surface area (Å²) in [5, 5.41) is 9.64. The summed E-state index contributed by atoms with van der Waals surface area (Å²) in [4.78, 5) is 65.0. The Morgan fingerprint density at radius 3 is 2.13 bits per heavy atom. The van der Waals surface area contributed by atoms with Crippen LogP contribution in [0.25, 0.3) is 0 Å². The number of ether oxygens (including phenoxy) is 3. The minimum Gasteiger partial charge on any atom is -0.382 e. The maximum Gasteiger partial charge on any atom is 0.264 e. The number of rotatable bonds is 30. The number of aryl methyl sites for hydroxylation is 1. The summed E-state index contributed by atoms with van der Waals surface area (Å²) in [7, 11) is -4.15. The first-order chi connectivity index (χ1) is 43.4. The monoisotopic (exact) mass is 1270 g/mol. The number of fused-ring (bicyclic) bond motifs is 1. The second-order valence-corrected chi connectivity index (χ2v) is 29.6. The third kappa shape index (κ3) is 15.5.